The molecule has 1 N–H and O–H groups in total. The van der Waals surface area contributed by atoms with Crippen LogP contribution in [0.15, 0.2) is 109 Å². The van der Waals surface area contributed by atoms with Crippen molar-refractivity contribution in [2.45, 2.75) is 49.7 Å². The smallest absolute Gasteiger partial charge is 0.161 e. The number of alkyl halides is 2. The van der Waals surface area contributed by atoms with E-state index in [2.05, 4.69) is 64.4 Å². The summed E-state index contributed by atoms with van der Waals surface area (Å²) in [5.74, 6) is 1.13. The predicted molar refractivity (Wildman–Crippen MR) is 197 cm³/mol. The molecule has 1 saturated carbocycles. The number of rotatable bonds is 8. The molecule has 4 nitrogen and oxygen atoms in total. The van der Waals surface area contributed by atoms with E-state index in [4.69, 9.17) is 4.74 Å². The summed E-state index contributed by atoms with van der Waals surface area (Å²) < 4.78 is 38.3. The van der Waals surface area contributed by atoms with Crippen molar-refractivity contribution in [3.8, 4) is 5.75 Å². The fourth-order valence-electron chi connectivity index (χ4n) is 8.67. The second-order valence-corrected chi connectivity index (χ2v) is 14.4. The van der Waals surface area contributed by atoms with Gasteiger partial charge in [-0.2, -0.15) is 0 Å². The fourth-order valence-corrected chi connectivity index (χ4v) is 8.67. The molecule has 1 saturated heterocycles. The monoisotopic (exact) mass is 668 g/mol. The van der Waals surface area contributed by atoms with Crippen molar-refractivity contribution in [3.05, 3.63) is 137 Å². The van der Waals surface area contributed by atoms with Gasteiger partial charge in [0.2, 0.25) is 0 Å². The van der Waals surface area contributed by atoms with Gasteiger partial charge in [-0.3, -0.25) is 4.90 Å². The van der Waals surface area contributed by atoms with Gasteiger partial charge in [0.25, 0.3) is 0 Å². The number of halogens is 2. The minimum absolute atomic E-state index is 0.186. The molecule has 6 aromatic rings. The Morgan fingerprint density at radius 1 is 0.620 bits per heavy atom. The summed E-state index contributed by atoms with van der Waals surface area (Å²) in [6.45, 7) is 4.18. The average molecular weight is 669 g/mol. The van der Waals surface area contributed by atoms with E-state index in [9.17, 15) is 5.11 Å². The maximum absolute atomic E-state index is 16.1. The summed E-state index contributed by atoms with van der Waals surface area (Å²) in [7, 11) is 0. The molecule has 50 heavy (non-hydrogen) atoms. The largest absolute Gasteiger partial charge is 0.490 e. The van der Waals surface area contributed by atoms with Gasteiger partial charge >= 0.3 is 0 Å². The number of ether oxygens (including phenoxy) is 1. The quantitative estimate of drug-likeness (QED) is 0.164. The van der Waals surface area contributed by atoms with Crippen LogP contribution in [0.3, 0.4) is 0 Å². The second kappa shape index (κ2) is 13.1. The number of aliphatic hydroxyl groups is 1. The van der Waals surface area contributed by atoms with E-state index in [0.29, 0.717) is 23.5 Å². The Balaban J connectivity index is 0.887. The van der Waals surface area contributed by atoms with Crippen LogP contribution in [0.2, 0.25) is 0 Å². The summed E-state index contributed by atoms with van der Waals surface area (Å²) in [5.41, 5.74) is 3.85. The third-order valence-electron chi connectivity index (χ3n) is 11.3. The van der Waals surface area contributed by atoms with Crippen LogP contribution in [-0.2, 0) is 0 Å². The van der Waals surface area contributed by atoms with E-state index >= 15 is 8.78 Å². The molecule has 3 aliphatic rings. The van der Waals surface area contributed by atoms with Gasteiger partial charge in [-0.25, -0.2) is 8.78 Å². The number of benzene rings is 6. The van der Waals surface area contributed by atoms with Gasteiger partial charge in [0, 0.05) is 38.1 Å². The van der Waals surface area contributed by atoms with Gasteiger partial charge in [-0.05, 0) is 86.0 Å². The topological polar surface area (TPSA) is 35.9 Å². The van der Waals surface area contributed by atoms with Crippen LogP contribution in [0.4, 0.5) is 8.78 Å². The first-order valence-electron chi connectivity index (χ1n) is 18.2. The lowest BCUT2D eigenvalue weighted by Crippen LogP contribution is -2.48. The molecule has 4 atom stereocenters. The molecule has 2 fully saturated rings. The van der Waals surface area contributed by atoms with Crippen LogP contribution in [0.25, 0.3) is 32.3 Å². The van der Waals surface area contributed by atoms with Crippen molar-refractivity contribution < 1.29 is 18.6 Å². The fraction of sp³-hybridized carbons (Fsp3) is 0.318. The first-order valence-corrected chi connectivity index (χ1v) is 18.2. The standard InChI is InChI=1S/C44H42F2N2O2/c45-42-36-13-5-6-14-37(36)44(38-17-7-15-30(28-19-20-28)41(38)43(42)46)48-25-23-47(24-26-48)22-21-29(49)27-50-39-18-8-16-35-33-10-2-1-9-31(33)32-11-3-4-12-34(32)40(35)39/h1-18,28-29,42-44,49H,19-27H2/t29-,42?,43?,44?/m1/s1. The summed E-state index contributed by atoms with van der Waals surface area (Å²) in [6.07, 6.45) is -1.26. The molecule has 0 bridgehead atoms. The Morgan fingerprint density at radius 2 is 1.18 bits per heavy atom. The molecule has 0 spiro atoms. The summed E-state index contributed by atoms with van der Waals surface area (Å²) in [4.78, 5) is 4.79. The first-order chi connectivity index (χ1) is 24.6. The minimum atomic E-state index is -1.67. The number of nitrogens with zero attached hydrogens (tertiary/aromatic N) is 2. The van der Waals surface area contributed by atoms with Gasteiger partial charge in [0.1, 0.15) is 12.4 Å². The third kappa shape index (κ3) is 5.54. The highest BCUT2D eigenvalue weighted by Gasteiger charge is 2.42. The summed E-state index contributed by atoms with van der Waals surface area (Å²) in [6, 6.07) is 36.6. The molecule has 6 aromatic carbocycles. The molecule has 2 aliphatic carbocycles. The highest BCUT2D eigenvalue weighted by molar-refractivity contribution is 6.26. The number of piperazine rings is 1. The van der Waals surface area contributed by atoms with Crippen molar-refractivity contribution in [2.75, 3.05) is 39.3 Å². The SMILES string of the molecule is O[C@H](CCN1CCN(C2c3ccccc3C(F)C(F)c3c(C4CC4)cccc32)CC1)COc1cccc2c3ccccc3c3ccccc3c12. The van der Waals surface area contributed by atoms with Gasteiger partial charge in [-0.15, -0.1) is 0 Å². The Morgan fingerprint density at radius 3 is 1.88 bits per heavy atom. The molecule has 6 heteroatoms. The summed E-state index contributed by atoms with van der Waals surface area (Å²) >= 11 is 0. The second-order valence-electron chi connectivity index (χ2n) is 14.4. The van der Waals surface area contributed by atoms with E-state index in [1.165, 1.54) is 16.2 Å². The third-order valence-corrected chi connectivity index (χ3v) is 11.3. The lowest BCUT2D eigenvalue weighted by Gasteiger charge is -2.40. The molecule has 1 aliphatic heterocycles. The molecule has 9 rings (SSSR count). The Labute approximate surface area is 291 Å². The van der Waals surface area contributed by atoms with Gasteiger partial charge in [0.05, 0.1) is 12.1 Å². The van der Waals surface area contributed by atoms with E-state index in [1.54, 1.807) is 6.07 Å². The van der Waals surface area contributed by atoms with Crippen LogP contribution < -0.4 is 4.74 Å². The van der Waals surface area contributed by atoms with Crippen molar-refractivity contribution in [1.29, 1.82) is 0 Å². The minimum Gasteiger partial charge on any atom is -0.490 e. The van der Waals surface area contributed by atoms with E-state index < -0.39 is 18.4 Å². The molecule has 1 heterocycles. The van der Waals surface area contributed by atoms with Crippen molar-refractivity contribution >= 4 is 32.3 Å². The number of hydrogen-bond donors (Lipinski definition) is 1. The molecular formula is C44H42F2N2O2. The van der Waals surface area contributed by atoms with E-state index in [0.717, 1.165) is 84.2 Å². The summed E-state index contributed by atoms with van der Waals surface area (Å²) in [5, 5.41) is 18.1. The Hall–Kier alpha value is -4.36. The zero-order chi connectivity index (χ0) is 33.8. The van der Waals surface area contributed by atoms with E-state index in [-0.39, 0.29) is 12.6 Å². The van der Waals surface area contributed by atoms with E-state index in [1.807, 2.05) is 48.5 Å². The lowest BCUT2D eigenvalue weighted by atomic mass is 9.89. The molecule has 3 unspecified atom stereocenters. The first kappa shape index (κ1) is 31.6. The van der Waals surface area contributed by atoms with Crippen molar-refractivity contribution in [1.82, 2.24) is 9.80 Å². The van der Waals surface area contributed by atoms with Crippen LogP contribution in [-0.4, -0.2) is 60.3 Å². The van der Waals surface area contributed by atoms with Gasteiger partial charge in [-0.1, -0.05) is 103 Å². The molecular weight excluding hydrogens is 626 g/mol. The van der Waals surface area contributed by atoms with Crippen molar-refractivity contribution in [2.24, 2.45) is 0 Å². The maximum Gasteiger partial charge on any atom is 0.161 e. The zero-order valence-corrected chi connectivity index (χ0v) is 28.1. The number of hydrogen-bond acceptors (Lipinski definition) is 4. The van der Waals surface area contributed by atoms with Crippen LogP contribution >= 0.6 is 0 Å². The molecule has 0 aromatic heterocycles. The number of fused-ring (bicyclic) bond motifs is 8. The van der Waals surface area contributed by atoms with Crippen LogP contribution in [0, 0.1) is 0 Å². The molecule has 0 amide bonds. The van der Waals surface area contributed by atoms with Crippen LogP contribution in [0.1, 0.15) is 71.4 Å². The van der Waals surface area contributed by atoms with Gasteiger partial charge < -0.3 is 14.7 Å². The molecule has 254 valence electrons. The highest BCUT2D eigenvalue weighted by Crippen LogP contribution is 2.53. The normalized spacial score (nSPS) is 21.9. The van der Waals surface area contributed by atoms with Crippen molar-refractivity contribution in [3.63, 3.8) is 0 Å². The highest BCUT2D eigenvalue weighted by atomic mass is 19.2. The Bertz CT molecular complexity index is 2150. The number of aliphatic hydroxyl groups excluding tert-OH is 1. The average Bonchev–Trinajstić information content (AvgIpc) is 4.03. The predicted octanol–water partition coefficient (Wildman–Crippen LogP) is 9.60. The zero-order valence-electron chi connectivity index (χ0n) is 28.1. The lowest BCUT2D eigenvalue weighted by molar-refractivity contribution is 0.0681. The Kier molecular flexibility index (Phi) is 8.26. The maximum atomic E-state index is 16.1. The van der Waals surface area contributed by atoms with Crippen LogP contribution in [0.5, 0.6) is 5.75 Å². The molecule has 0 radical (unpaired) electrons. The van der Waals surface area contributed by atoms with Gasteiger partial charge in [0.15, 0.2) is 12.3 Å².